The fourth-order valence-electron chi connectivity index (χ4n) is 8.66. The summed E-state index contributed by atoms with van der Waals surface area (Å²) in [5.41, 5.74) is 4.73. The summed E-state index contributed by atoms with van der Waals surface area (Å²) in [6, 6.07) is -0.551. The molecule has 3 N–H and O–H groups in total. The summed E-state index contributed by atoms with van der Waals surface area (Å²) < 4.78 is 6.39. The number of nitrogens with two attached hydrogens (primary N) is 1. The van der Waals surface area contributed by atoms with Crippen LogP contribution in [0.4, 0.5) is 0 Å². The van der Waals surface area contributed by atoms with Crippen molar-refractivity contribution in [3.8, 4) is 0 Å². The van der Waals surface area contributed by atoms with Gasteiger partial charge in [-0.25, -0.2) is 0 Å². The van der Waals surface area contributed by atoms with Gasteiger partial charge >= 0.3 is 5.97 Å². The first-order valence-corrected chi connectivity index (χ1v) is 16.5. The number of ether oxygens (including phenoxy) is 1. The molecule has 226 valence electrons. The van der Waals surface area contributed by atoms with Crippen LogP contribution in [0.3, 0.4) is 0 Å². The maximum Gasteiger partial charge on any atom is 0.316 e. The molecule has 4 aliphatic rings. The first kappa shape index (κ1) is 31.6. The summed E-state index contributed by atoms with van der Waals surface area (Å²) in [5, 5.41) is 11.6. The second-order valence-corrected chi connectivity index (χ2v) is 15.3. The Bertz CT molecular complexity index is 1000. The van der Waals surface area contributed by atoms with Gasteiger partial charge in [-0.15, -0.1) is 18.3 Å². The molecule has 0 aromatic heterocycles. The molecule has 4 rings (SSSR count). The Labute approximate surface area is 245 Å². The number of aliphatic hydroxyl groups excluding tert-OH is 1. The SMILES string of the molecule is C=C[C@]1(C)C[C@@H](OC(=O)CSC2CCCCN2C(=O)C(N)C(C)C)[C@]2(C)C(C)CCC3(CCC(=O)C32)[C@@H](C)C1O. The van der Waals surface area contributed by atoms with E-state index >= 15 is 0 Å². The van der Waals surface area contributed by atoms with E-state index in [-0.39, 0.29) is 57.9 Å². The van der Waals surface area contributed by atoms with Crippen molar-refractivity contribution in [1.82, 2.24) is 4.90 Å². The molecular weight excluding hydrogens is 524 g/mol. The van der Waals surface area contributed by atoms with Gasteiger partial charge in [-0.05, 0) is 68.1 Å². The fourth-order valence-corrected chi connectivity index (χ4v) is 9.78. The second-order valence-electron chi connectivity index (χ2n) is 14.1. The average Bonchev–Trinajstić information content (AvgIpc) is 3.29. The van der Waals surface area contributed by atoms with Crippen LogP contribution in [0.1, 0.15) is 92.9 Å². The van der Waals surface area contributed by atoms with Crippen molar-refractivity contribution >= 4 is 29.4 Å². The Kier molecular flexibility index (Phi) is 9.24. The molecule has 2 bridgehead atoms. The summed E-state index contributed by atoms with van der Waals surface area (Å²) >= 11 is 1.46. The predicted octanol–water partition coefficient (Wildman–Crippen LogP) is 4.95. The van der Waals surface area contributed by atoms with Crippen molar-refractivity contribution in [3.05, 3.63) is 12.7 Å². The van der Waals surface area contributed by atoms with Gasteiger partial charge in [0, 0.05) is 29.7 Å². The zero-order chi connectivity index (χ0) is 29.6. The highest BCUT2D eigenvalue weighted by atomic mass is 32.2. The van der Waals surface area contributed by atoms with E-state index in [4.69, 9.17) is 10.5 Å². The number of nitrogens with zero attached hydrogens (tertiary/aromatic N) is 1. The number of esters is 1. The van der Waals surface area contributed by atoms with E-state index < -0.39 is 29.1 Å². The highest BCUT2D eigenvalue weighted by molar-refractivity contribution is 8.00. The topological polar surface area (TPSA) is 110 Å². The lowest BCUT2D eigenvalue weighted by molar-refractivity contribution is -0.205. The van der Waals surface area contributed by atoms with Gasteiger partial charge in [0.05, 0.1) is 23.3 Å². The minimum Gasteiger partial charge on any atom is -0.461 e. The number of amides is 1. The van der Waals surface area contributed by atoms with Crippen LogP contribution in [0.5, 0.6) is 0 Å². The molecule has 1 aliphatic heterocycles. The number of carbonyl (C=O) groups is 3. The Morgan fingerprint density at radius 3 is 2.58 bits per heavy atom. The minimum absolute atomic E-state index is 0.0465. The van der Waals surface area contributed by atoms with Crippen molar-refractivity contribution in [3.63, 3.8) is 0 Å². The highest BCUT2D eigenvalue weighted by Crippen LogP contribution is 2.68. The molecule has 40 heavy (non-hydrogen) atoms. The van der Waals surface area contributed by atoms with Gasteiger partial charge < -0.3 is 20.5 Å². The summed E-state index contributed by atoms with van der Waals surface area (Å²) in [6.07, 6.45) is 6.97. The molecule has 4 fully saturated rings. The molecule has 10 atom stereocenters. The van der Waals surface area contributed by atoms with Gasteiger partial charge in [-0.1, -0.05) is 47.6 Å². The molecule has 1 saturated heterocycles. The first-order chi connectivity index (χ1) is 18.7. The lowest BCUT2D eigenvalue weighted by Crippen LogP contribution is -2.63. The standard InChI is InChI=1S/C32H52N2O5S/c1-8-30(6)17-23(31(7)20(4)12-14-32(21(5)28(30)37)15-13-22(35)27(31)32)39-25(36)18-40-24-11-9-10-16-34(24)29(38)26(33)19(2)3/h8,19-21,23-24,26-28,37H,1,9-18,33H2,2-7H3/t20?,21-,23+,24?,26?,27?,28?,30+,31-,32?/m0/s1. The number of ketones is 1. The quantitative estimate of drug-likeness (QED) is 0.326. The van der Waals surface area contributed by atoms with E-state index in [0.29, 0.717) is 19.4 Å². The lowest BCUT2D eigenvalue weighted by Gasteiger charge is -2.61. The maximum absolute atomic E-state index is 13.6. The predicted molar refractivity (Wildman–Crippen MR) is 159 cm³/mol. The lowest BCUT2D eigenvalue weighted by atomic mass is 9.44. The Hall–Kier alpha value is -1.38. The van der Waals surface area contributed by atoms with Crippen LogP contribution in [0.25, 0.3) is 0 Å². The number of Topliss-reactive ketones (excluding diaryl/α,β-unsaturated/α-hetero) is 1. The van der Waals surface area contributed by atoms with Crippen molar-refractivity contribution in [2.75, 3.05) is 12.3 Å². The van der Waals surface area contributed by atoms with Crippen LogP contribution < -0.4 is 5.73 Å². The third kappa shape index (κ3) is 5.19. The van der Waals surface area contributed by atoms with E-state index in [1.54, 1.807) is 0 Å². The summed E-state index contributed by atoms with van der Waals surface area (Å²) in [7, 11) is 0. The molecule has 0 aromatic carbocycles. The van der Waals surface area contributed by atoms with Crippen LogP contribution in [-0.2, 0) is 19.1 Å². The molecule has 7 nitrogen and oxygen atoms in total. The van der Waals surface area contributed by atoms with Gasteiger partial charge in [0.15, 0.2) is 0 Å². The van der Waals surface area contributed by atoms with Crippen LogP contribution in [0, 0.1) is 39.9 Å². The zero-order valence-corrected chi connectivity index (χ0v) is 26.3. The maximum atomic E-state index is 13.6. The van der Waals surface area contributed by atoms with Crippen molar-refractivity contribution in [2.24, 2.45) is 45.7 Å². The van der Waals surface area contributed by atoms with Gasteiger partial charge in [0.1, 0.15) is 11.9 Å². The van der Waals surface area contributed by atoms with Gasteiger partial charge in [0.2, 0.25) is 5.91 Å². The minimum atomic E-state index is -0.682. The smallest absolute Gasteiger partial charge is 0.316 e. The fraction of sp³-hybridized carbons (Fsp3) is 0.844. The van der Waals surface area contributed by atoms with Gasteiger partial charge in [0.25, 0.3) is 0 Å². The Morgan fingerprint density at radius 2 is 1.93 bits per heavy atom. The highest BCUT2D eigenvalue weighted by Gasteiger charge is 2.68. The van der Waals surface area contributed by atoms with Crippen LogP contribution >= 0.6 is 11.8 Å². The van der Waals surface area contributed by atoms with Gasteiger partial charge in [-0.2, -0.15) is 0 Å². The van der Waals surface area contributed by atoms with E-state index in [2.05, 4.69) is 27.4 Å². The third-order valence-corrected chi connectivity index (χ3v) is 13.0. The number of piperidine rings is 1. The number of aliphatic hydroxyl groups is 1. The number of hydrogen-bond donors (Lipinski definition) is 2. The Morgan fingerprint density at radius 1 is 1.23 bits per heavy atom. The zero-order valence-electron chi connectivity index (χ0n) is 25.5. The molecular formula is C32H52N2O5S. The largest absolute Gasteiger partial charge is 0.461 e. The number of thioether (sulfide) groups is 1. The van der Waals surface area contributed by atoms with Crippen molar-refractivity contribution < 1.29 is 24.2 Å². The molecule has 6 unspecified atom stereocenters. The summed E-state index contributed by atoms with van der Waals surface area (Å²) in [4.78, 5) is 42.1. The number of rotatable bonds is 7. The summed E-state index contributed by atoms with van der Waals surface area (Å²) in [6.45, 7) is 17.1. The normalized spacial score (nSPS) is 42.5. The molecule has 1 amide bonds. The van der Waals surface area contributed by atoms with Crippen LogP contribution in [0.2, 0.25) is 0 Å². The molecule has 0 spiro atoms. The number of carbonyl (C=O) groups excluding carboxylic acids is 3. The van der Waals surface area contributed by atoms with E-state index in [9.17, 15) is 19.5 Å². The van der Waals surface area contributed by atoms with E-state index in [1.807, 2.05) is 31.7 Å². The molecule has 1 heterocycles. The molecule has 3 saturated carbocycles. The Balaban J connectivity index is 1.58. The molecule has 0 radical (unpaired) electrons. The van der Waals surface area contributed by atoms with Gasteiger partial charge in [-0.3, -0.25) is 14.4 Å². The average molecular weight is 577 g/mol. The van der Waals surface area contributed by atoms with E-state index in [0.717, 1.165) is 38.5 Å². The molecule has 8 heteroatoms. The number of likely N-dealkylation sites (tertiary alicyclic amines) is 1. The second kappa shape index (κ2) is 11.7. The van der Waals surface area contributed by atoms with Crippen LogP contribution in [-0.4, -0.2) is 63.6 Å². The van der Waals surface area contributed by atoms with Crippen molar-refractivity contribution in [2.45, 2.75) is 117 Å². The van der Waals surface area contributed by atoms with Crippen LogP contribution in [0.15, 0.2) is 12.7 Å². The summed E-state index contributed by atoms with van der Waals surface area (Å²) in [5.74, 6) is -0.0572. The monoisotopic (exact) mass is 576 g/mol. The molecule has 0 aromatic rings. The van der Waals surface area contributed by atoms with Crippen molar-refractivity contribution in [1.29, 1.82) is 0 Å². The third-order valence-electron chi connectivity index (χ3n) is 11.7. The molecule has 3 aliphatic carbocycles. The first-order valence-electron chi connectivity index (χ1n) is 15.4. The number of hydrogen-bond acceptors (Lipinski definition) is 7. The van der Waals surface area contributed by atoms with E-state index in [1.165, 1.54) is 11.8 Å².